The molecule has 0 aromatic heterocycles. The van der Waals surface area contributed by atoms with Gasteiger partial charge in [0.25, 0.3) is 0 Å². The van der Waals surface area contributed by atoms with Gasteiger partial charge in [0, 0.05) is 18.2 Å². The normalized spacial score (nSPS) is 17.0. The molecule has 1 aromatic carbocycles. The molecule has 0 unspecified atom stereocenters. The highest BCUT2D eigenvalue weighted by Crippen LogP contribution is 2.32. The van der Waals surface area contributed by atoms with Crippen molar-refractivity contribution in [3.05, 3.63) is 46.7 Å². The number of carboxylic acid groups (broad SMARTS) is 1. The van der Waals surface area contributed by atoms with Gasteiger partial charge in [0.1, 0.15) is 0 Å². The minimum Gasteiger partial charge on any atom is -0.550 e. The van der Waals surface area contributed by atoms with Crippen LogP contribution in [0.25, 0.3) is 0 Å². The zero-order valence-electron chi connectivity index (χ0n) is 14.9. The van der Waals surface area contributed by atoms with Gasteiger partial charge in [-0.2, -0.15) is 0 Å². The number of nitrogens with zero attached hydrogens (tertiary/aromatic N) is 1. The summed E-state index contributed by atoms with van der Waals surface area (Å²) in [5, 5.41) is 13.1. The third kappa shape index (κ3) is 4.60. The number of benzene rings is 1. The Kier molecular flexibility index (Phi) is 6.49. The van der Waals surface area contributed by atoms with Crippen LogP contribution in [0.2, 0.25) is 0 Å². The van der Waals surface area contributed by atoms with Crippen molar-refractivity contribution in [3.8, 4) is 0 Å². The van der Waals surface area contributed by atoms with Gasteiger partial charge in [-0.1, -0.05) is 6.07 Å². The molecule has 2 amide bonds. The molecule has 1 aliphatic rings. The summed E-state index contributed by atoms with van der Waals surface area (Å²) in [4.78, 5) is 36.7. The van der Waals surface area contributed by atoms with Gasteiger partial charge in [0.15, 0.2) is 11.6 Å². The fourth-order valence-corrected chi connectivity index (χ4v) is 2.85. The maximum atomic E-state index is 13.6. The minimum atomic E-state index is -1.25. The van der Waals surface area contributed by atoms with Gasteiger partial charge in [-0.05, 0) is 44.4 Å². The molecule has 1 aromatic rings. The molecular weight excluding hydrogens is 362 g/mol. The molecule has 1 heterocycles. The number of urea groups is 1. The summed E-state index contributed by atoms with van der Waals surface area (Å²) in [6.07, 6.45) is -0.128. The fourth-order valence-electron chi connectivity index (χ4n) is 2.85. The van der Waals surface area contributed by atoms with Crippen molar-refractivity contribution < 1.29 is 33.0 Å². The zero-order valence-corrected chi connectivity index (χ0v) is 14.9. The highest BCUT2D eigenvalue weighted by molar-refractivity contribution is 5.95. The molecule has 0 fully saturated rings. The largest absolute Gasteiger partial charge is 0.550 e. The van der Waals surface area contributed by atoms with Crippen LogP contribution in [-0.2, 0) is 14.3 Å². The Bertz CT molecular complexity index is 794. The summed E-state index contributed by atoms with van der Waals surface area (Å²) >= 11 is 0. The summed E-state index contributed by atoms with van der Waals surface area (Å²) in [6, 6.07) is 1.46. The van der Waals surface area contributed by atoms with E-state index in [0.29, 0.717) is 0 Å². The molecule has 0 saturated heterocycles. The summed E-state index contributed by atoms with van der Waals surface area (Å²) in [5.41, 5.74) is 0.500. The average Bonchev–Trinajstić information content (AvgIpc) is 2.59. The van der Waals surface area contributed by atoms with Crippen LogP contribution in [0.5, 0.6) is 0 Å². The van der Waals surface area contributed by atoms with E-state index >= 15 is 0 Å². The molecule has 1 aliphatic heterocycles. The Morgan fingerprint density at radius 3 is 2.59 bits per heavy atom. The van der Waals surface area contributed by atoms with E-state index in [9.17, 15) is 28.3 Å². The molecule has 0 bridgehead atoms. The lowest BCUT2D eigenvalue weighted by molar-refractivity contribution is -0.305. The number of carbonyl (C=O) groups excluding carboxylic acids is 3. The Balaban J connectivity index is 2.42. The summed E-state index contributed by atoms with van der Waals surface area (Å²) in [7, 11) is 0. The Morgan fingerprint density at radius 2 is 2.00 bits per heavy atom. The lowest BCUT2D eigenvalue weighted by Gasteiger charge is -2.35. The third-order valence-corrected chi connectivity index (χ3v) is 4.13. The second kappa shape index (κ2) is 8.61. The smallest absolute Gasteiger partial charge is 0.338 e. The second-order valence-electron chi connectivity index (χ2n) is 5.90. The van der Waals surface area contributed by atoms with Gasteiger partial charge in [-0.3, -0.25) is 4.90 Å². The van der Waals surface area contributed by atoms with E-state index in [-0.39, 0.29) is 42.8 Å². The number of carboxylic acids is 1. The number of carbonyl (C=O) groups is 3. The molecule has 0 radical (unpaired) electrons. The van der Waals surface area contributed by atoms with E-state index in [1.807, 2.05) is 0 Å². The molecule has 2 rings (SSSR count). The maximum absolute atomic E-state index is 13.6. The highest BCUT2D eigenvalue weighted by atomic mass is 19.2. The Labute approximate surface area is 154 Å². The Morgan fingerprint density at radius 1 is 1.30 bits per heavy atom. The predicted octanol–water partition coefficient (Wildman–Crippen LogP) is 1.40. The standard InChI is InChI=1S/C18H20F2N2O5/c1-3-27-17(25)15-10(2)22(8-4-5-14(23)24)18(26)21-16(15)11-6-7-12(19)13(20)9-11/h6-7,9,16H,3-5,8H2,1-2H3,(H,21,26)(H,23,24)/p-1/t16-/m0/s1. The van der Waals surface area contributed by atoms with Crippen LogP contribution < -0.4 is 10.4 Å². The molecular formula is C18H19F2N2O5-. The number of esters is 1. The van der Waals surface area contributed by atoms with Crippen LogP contribution >= 0.6 is 0 Å². The summed E-state index contributed by atoms with van der Waals surface area (Å²) in [5.74, 6) is -4.13. The number of rotatable bonds is 7. The van der Waals surface area contributed by atoms with Crippen molar-refractivity contribution in [2.75, 3.05) is 13.2 Å². The lowest BCUT2D eigenvalue weighted by atomic mass is 9.94. The second-order valence-corrected chi connectivity index (χ2v) is 5.90. The molecule has 9 heteroatoms. The molecule has 146 valence electrons. The fraction of sp³-hybridized carbons (Fsp3) is 0.389. The maximum Gasteiger partial charge on any atom is 0.338 e. The van der Waals surface area contributed by atoms with Crippen molar-refractivity contribution in [1.82, 2.24) is 10.2 Å². The number of halogens is 2. The topological polar surface area (TPSA) is 98.8 Å². The van der Waals surface area contributed by atoms with Gasteiger partial charge in [-0.15, -0.1) is 0 Å². The van der Waals surface area contributed by atoms with Crippen LogP contribution in [0.1, 0.15) is 38.3 Å². The summed E-state index contributed by atoms with van der Waals surface area (Å²) in [6.45, 7) is 3.24. The molecule has 7 nitrogen and oxygen atoms in total. The number of nitrogens with one attached hydrogen (secondary N) is 1. The van der Waals surface area contributed by atoms with Crippen molar-refractivity contribution in [1.29, 1.82) is 0 Å². The van der Waals surface area contributed by atoms with Crippen molar-refractivity contribution in [2.24, 2.45) is 0 Å². The van der Waals surface area contributed by atoms with Crippen molar-refractivity contribution in [2.45, 2.75) is 32.7 Å². The first-order valence-corrected chi connectivity index (χ1v) is 8.37. The molecule has 0 aliphatic carbocycles. The van der Waals surface area contributed by atoms with Crippen LogP contribution in [0, 0.1) is 11.6 Å². The van der Waals surface area contributed by atoms with E-state index < -0.39 is 35.6 Å². The number of hydrogen-bond donors (Lipinski definition) is 1. The molecule has 0 saturated carbocycles. The number of allylic oxidation sites excluding steroid dienone is 1. The van der Waals surface area contributed by atoms with E-state index in [1.165, 1.54) is 17.9 Å². The van der Waals surface area contributed by atoms with Crippen molar-refractivity contribution in [3.63, 3.8) is 0 Å². The van der Waals surface area contributed by atoms with Gasteiger partial charge in [-0.25, -0.2) is 18.4 Å². The van der Waals surface area contributed by atoms with E-state index in [4.69, 9.17) is 4.74 Å². The average molecular weight is 381 g/mol. The van der Waals surface area contributed by atoms with E-state index in [1.54, 1.807) is 6.92 Å². The minimum absolute atomic E-state index is 0.0407. The van der Waals surface area contributed by atoms with Crippen LogP contribution in [0.3, 0.4) is 0 Å². The first-order valence-electron chi connectivity index (χ1n) is 8.37. The number of aliphatic carboxylic acids is 1. The predicted molar refractivity (Wildman–Crippen MR) is 87.9 cm³/mol. The molecule has 1 N–H and O–H groups in total. The quantitative estimate of drug-likeness (QED) is 0.720. The van der Waals surface area contributed by atoms with Gasteiger partial charge >= 0.3 is 12.0 Å². The van der Waals surface area contributed by atoms with Crippen molar-refractivity contribution >= 4 is 18.0 Å². The first kappa shape index (κ1) is 20.3. The highest BCUT2D eigenvalue weighted by Gasteiger charge is 2.36. The molecule has 27 heavy (non-hydrogen) atoms. The molecule has 1 atom stereocenters. The lowest BCUT2D eigenvalue weighted by Crippen LogP contribution is -2.48. The van der Waals surface area contributed by atoms with Crippen LogP contribution in [0.15, 0.2) is 29.5 Å². The first-order chi connectivity index (χ1) is 12.8. The Hall–Kier alpha value is -2.97. The zero-order chi connectivity index (χ0) is 20.1. The number of hydrogen-bond acceptors (Lipinski definition) is 5. The van der Waals surface area contributed by atoms with Crippen LogP contribution in [-0.4, -0.2) is 36.0 Å². The summed E-state index contributed by atoms with van der Waals surface area (Å²) < 4.78 is 31.9. The van der Waals surface area contributed by atoms with Gasteiger partial charge < -0.3 is 20.0 Å². The van der Waals surface area contributed by atoms with Gasteiger partial charge in [0.05, 0.1) is 18.2 Å². The molecule has 0 spiro atoms. The SMILES string of the molecule is CCOC(=O)C1=C(C)N(CCCC(=O)[O-])C(=O)N[C@H]1c1ccc(F)c(F)c1. The van der Waals surface area contributed by atoms with Gasteiger partial charge in [0.2, 0.25) is 0 Å². The number of ether oxygens (including phenoxy) is 1. The number of amides is 2. The monoisotopic (exact) mass is 381 g/mol. The van der Waals surface area contributed by atoms with E-state index in [0.717, 1.165) is 12.1 Å². The van der Waals surface area contributed by atoms with E-state index in [2.05, 4.69) is 5.32 Å². The van der Waals surface area contributed by atoms with Crippen LogP contribution in [0.4, 0.5) is 13.6 Å². The third-order valence-electron chi connectivity index (χ3n) is 4.13.